The third-order valence-electron chi connectivity index (χ3n) is 3.42. The second kappa shape index (κ2) is 7.49. The van der Waals surface area contributed by atoms with Gasteiger partial charge in [-0.25, -0.2) is 0 Å². The molecule has 2 aromatic rings. The molecule has 108 valence electrons. The molecule has 0 saturated heterocycles. The molecule has 21 heavy (non-hydrogen) atoms. The molecule has 0 amide bonds. The van der Waals surface area contributed by atoms with Gasteiger partial charge in [0.15, 0.2) is 0 Å². The molecule has 0 fully saturated rings. The molecule has 0 N–H and O–H groups in total. The molecule has 2 rings (SSSR count). The molecule has 0 aliphatic heterocycles. The van der Waals surface area contributed by atoms with Crippen molar-refractivity contribution in [1.29, 1.82) is 0 Å². The Bertz CT molecular complexity index is 547. The van der Waals surface area contributed by atoms with Crippen molar-refractivity contribution in [3.8, 4) is 0 Å². The maximum Gasteiger partial charge on any atom is 0.327 e. The van der Waals surface area contributed by atoms with Crippen LogP contribution < -0.4 is 10.4 Å². The summed E-state index contributed by atoms with van der Waals surface area (Å²) in [5, 5.41) is 2.37. The monoisotopic (exact) mass is 328 g/mol. The van der Waals surface area contributed by atoms with E-state index in [0.29, 0.717) is 10.5 Å². The third-order valence-corrected chi connectivity index (χ3v) is 11.0. The van der Waals surface area contributed by atoms with E-state index in [9.17, 15) is 0 Å². The largest absolute Gasteiger partial charge is 0.444 e. The normalized spacial score (nSPS) is 12.8. The minimum absolute atomic E-state index is 0.656. The van der Waals surface area contributed by atoms with Gasteiger partial charge >= 0.3 is 9.28 Å². The minimum atomic E-state index is -2.48. The van der Waals surface area contributed by atoms with Crippen molar-refractivity contribution < 1.29 is 8.23 Å². The van der Waals surface area contributed by atoms with Gasteiger partial charge in [0.25, 0.3) is 8.32 Å². The van der Waals surface area contributed by atoms with E-state index >= 15 is 0 Å². The van der Waals surface area contributed by atoms with Crippen LogP contribution in [0.5, 0.6) is 0 Å². The van der Waals surface area contributed by atoms with E-state index < -0.39 is 17.6 Å². The maximum atomic E-state index is 6.51. The SMILES string of the molecule is C=C[SiH](O[SiH3])O[Si](C=C)(c1ccccc1)c1ccccc1. The molecule has 0 saturated carbocycles. The molecule has 0 aromatic heterocycles. The molecule has 0 aliphatic carbocycles. The minimum Gasteiger partial charge on any atom is -0.444 e. The Morgan fingerprint density at radius 3 is 1.71 bits per heavy atom. The van der Waals surface area contributed by atoms with Crippen LogP contribution in [0.3, 0.4) is 0 Å². The summed E-state index contributed by atoms with van der Waals surface area (Å²) in [4.78, 5) is 0. The van der Waals surface area contributed by atoms with E-state index in [1.54, 1.807) is 0 Å². The van der Waals surface area contributed by atoms with Crippen LogP contribution in [0.4, 0.5) is 0 Å². The van der Waals surface area contributed by atoms with Crippen molar-refractivity contribution in [2.75, 3.05) is 0 Å². The van der Waals surface area contributed by atoms with Crippen LogP contribution in [0.25, 0.3) is 0 Å². The number of hydrogen-bond donors (Lipinski definition) is 0. The second-order valence-electron chi connectivity index (χ2n) is 4.63. The predicted molar refractivity (Wildman–Crippen MR) is 97.6 cm³/mol. The molecule has 0 aliphatic rings. The van der Waals surface area contributed by atoms with Crippen molar-refractivity contribution in [2.24, 2.45) is 0 Å². The first kappa shape index (κ1) is 15.9. The second-order valence-corrected chi connectivity index (χ2v) is 11.7. The quantitative estimate of drug-likeness (QED) is 0.698. The lowest BCUT2D eigenvalue weighted by atomic mass is 10.4. The topological polar surface area (TPSA) is 18.5 Å². The van der Waals surface area contributed by atoms with E-state index in [1.807, 2.05) is 47.8 Å². The Kier molecular flexibility index (Phi) is 5.66. The van der Waals surface area contributed by atoms with Crippen molar-refractivity contribution >= 4 is 38.5 Å². The summed E-state index contributed by atoms with van der Waals surface area (Å²) in [5.41, 5.74) is 3.83. The van der Waals surface area contributed by atoms with Gasteiger partial charge in [-0.3, -0.25) is 0 Å². The number of hydrogen-bond acceptors (Lipinski definition) is 2. The lowest BCUT2D eigenvalue weighted by Gasteiger charge is -2.32. The highest BCUT2D eigenvalue weighted by molar-refractivity contribution is 7.04. The van der Waals surface area contributed by atoms with Gasteiger partial charge in [-0.05, 0) is 10.4 Å². The molecular formula is C16H20O2Si3. The van der Waals surface area contributed by atoms with Crippen LogP contribution >= 0.6 is 0 Å². The standard InChI is InChI=1S/C16H20O2Si3/c1-3-20(17-19)18-21(4-2,15-11-7-5-8-12-15)16-13-9-6-10-14-16/h3-14,20H,1-2H2,19H3. The molecule has 0 spiro atoms. The van der Waals surface area contributed by atoms with Gasteiger partial charge in [-0.2, -0.15) is 0 Å². The average molecular weight is 329 g/mol. The van der Waals surface area contributed by atoms with Gasteiger partial charge < -0.3 is 8.23 Å². The Labute approximate surface area is 132 Å². The van der Waals surface area contributed by atoms with Crippen molar-refractivity contribution in [1.82, 2.24) is 0 Å². The molecule has 2 aromatic carbocycles. The summed E-state index contributed by atoms with van der Waals surface area (Å²) in [5.74, 6) is 0. The fourth-order valence-corrected chi connectivity index (χ4v) is 9.86. The highest BCUT2D eigenvalue weighted by Gasteiger charge is 2.38. The fraction of sp³-hybridized carbons (Fsp3) is 0. The van der Waals surface area contributed by atoms with Crippen LogP contribution in [0.2, 0.25) is 0 Å². The van der Waals surface area contributed by atoms with Crippen molar-refractivity contribution in [2.45, 2.75) is 0 Å². The number of rotatable bonds is 7. The Morgan fingerprint density at radius 2 is 1.38 bits per heavy atom. The summed E-state index contributed by atoms with van der Waals surface area (Å²) >= 11 is 0. The first-order valence-electron chi connectivity index (χ1n) is 6.84. The van der Waals surface area contributed by atoms with Crippen LogP contribution in [0.15, 0.2) is 85.2 Å². The lowest BCUT2D eigenvalue weighted by Crippen LogP contribution is -2.62. The molecular weight excluding hydrogens is 308 g/mol. The Balaban J connectivity index is 2.56. The zero-order valence-electron chi connectivity index (χ0n) is 12.2. The first-order valence-corrected chi connectivity index (χ1v) is 11.3. The highest BCUT2D eigenvalue weighted by atomic mass is 28.4. The van der Waals surface area contributed by atoms with E-state index in [-0.39, 0.29) is 0 Å². The van der Waals surface area contributed by atoms with Gasteiger partial charge in [-0.15, -0.1) is 13.2 Å². The highest BCUT2D eigenvalue weighted by Crippen LogP contribution is 2.11. The third kappa shape index (κ3) is 3.39. The summed E-state index contributed by atoms with van der Waals surface area (Å²) < 4.78 is 12.1. The van der Waals surface area contributed by atoms with Gasteiger partial charge in [0, 0.05) is 0 Å². The van der Waals surface area contributed by atoms with Crippen LogP contribution in [-0.4, -0.2) is 28.1 Å². The van der Waals surface area contributed by atoms with Crippen LogP contribution in [-0.2, 0) is 8.23 Å². The Morgan fingerprint density at radius 1 is 0.905 bits per heavy atom. The first-order chi connectivity index (χ1) is 10.3. The van der Waals surface area contributed by atoms with Crippen molar-refractivity contribution in [3.63, 3.8) is 0 Å². The molecule has 2 nitrogen and oxygen atoms in total. The molecule has 5 heteroatoms. The maximum absolute atomic E-state index is 6.51. The summed E-state index contributed by atoms with van der Waals surface area (Å²) in [7, 11) is -3.68. The molecule has 0 heterocycles. The van der Waals surface area contributed by atoms with Crippen LogP contribution in [0, 0.1) is 0 Å². The molecule has 0 radical (unpaired) electrons. The van der Waals surface area contributed by atoms with Gasteiger partial charge in [0.05, 0.1) is 0 Å². The zero-order valence-corrected chi connectivity index (χ0v) is 16.4. The molecule has 1 atom stereocenters. The summed E-state index contributed by atoms with van der Waals surface area (Å²) in [6, 6.07) is 20.6. The lowest BCUT2D eigenvalue weighted by molar-refractivity contribution is 0.469. The fourth-order valence-electron chi connectivity index (χ4n) is 2.33. The van der Waals surface area contributed by atoms with Crippen molar-refractivity contribution in [3.05, 3.63) is 85.2 Å². The smallest absolute Gasteiger partial charge is 0.327 e. The van der Waals surface area contributed by atoms with Gasteiger partial charge in [-0.1, -0.05) is 72.1 Å². The van der Waals surface area contributed by atoms with E-state index in [4.69, 9.17) is 8.23 Å². The number of benzene rings is 2. The van der Waals surface area contributed by atoms with E-state index in [2.05, 4.69) is 37.4 Å². The Hall–Kier alpha value is -1.51. The van der Waals surface area contributed by atoms with Gasteiger partial charge in [0.2, 0.25) is 0 Å². The van der Waals surface area contributed by atoms with E-state index in [1.165, 1.54) is 10.4 Å². The van der Waals surface area contributed by atoms with Crippen LogP contribution in [0.1, 0.15) is 0 Å². The predicted octanol–water partition coefficient (Wildman–Crippen LogP) is 0.731. The van der Waals surface area contributed by atoms with Gasteiger partial charge in [0.1, 0.15) is 10.5 Å². The molecule has 0 bridgehead atoms. The summed E-state index contributed by atoms with van der Waals surface area (Å²) in [6.07, 6.45) is 0. The zero-order chi connectivity index (χ0) is 15.1. The average Bonchev–Trinajstić information content (AvgIpc) is 2.58. The van der Waals surface area contributed by atoms with E-state index in [0.717, 1.165) is 0 Å². The molecule has 1 unspecified atom stereocenters. The summed E-state index contributed by atoms with van der Waals surface area (Å²) in [6.45, 7) is 7.95.